The summed E-state index contributed by atoms with van der Waals surface area (Å²) in [5.41, 5.74) is 2.32. The van der Waals surface area contributed by atoms with Gasteiger partial charge in [0.05, 0.1) is 0 Å². The minimum Gasteiger partial charge on any atom is -0.429 e. The van der Waals surface area contributed by atoms with Gasteiger partial charge in [0.15, 0.2) is 5.78 Å². The molecule has 1 aliphatic heterocycles. The first kappa shape index (κ1) is 10.4. The molecule has 1 aliphatic rings. The van der Waals surface area contributed by atoms with Gasteiger partial charge in [0.25, 0.3) is 0 Å². The van der Waals surface area contributed by atoms with Crippen LogP contribution in [0.3, 0.4) is 0 Å². The van der Waals surface area contributed by atoms with Crippen molar-refractivity contribution in [1.82, 2.24) is 5.48 Å². The first-order chi connectivity index (χ1) is 5.20. The van der Waals surface area contributed by atoms with Gasteiger partial charge in [0, 0.05) is 6.08 Å². The quantitative estimate of drug-likeness (QED) is 0.317. The maximum Gasteiger partial charge on any atom is 0.482 e. The Morgan fingerprint density at radius 2 is 2.27 bits per heavy atom. The standard InChI is InChI=1S/C4H4ClNO2.BH2O2/c5-4-1-3(7)2-8-6-4;2-1-3/h1,6H,2H2;2-3H. The molecule has 0 saturated carbocycles. The zero-order chi connectivity index (χ0) is 8.69. The van der Waals surface area contributed by atoms with E-state index in [2.05, 4.69) is 10.3 Å². The summed E-state index contributed by atoms with van der Waals surface area (Å²) >= 11 is 5.32. The summed E-state index contributed by atoms with van der Waals surface area (Å²) in [7, 11) is 0. The summed E-state index contributed by atoms with van der Waals surface area (Å²) in [4.78, 5) is 14.8. The van der Waals surface area contributed by atoms with Crippen molar-refractivity contribution >= 4 is 25.1 Å². The van der Waals surface area contributed by atoms with Gasteiger partial charge in [-0.1, -0.05) is 11.6 Å². The van der Waals surface area contributed by atoms with Crippen LogP contribution in [0.25, 0.3) is 0 Å². The van der Waals surface area contributed by atoms with E-state index in [9.17, 15) is 4.79 Å². The van der Waals surface area contributed by atoms with Crippen LogP contribution in [0, 0.1) is 0 Å². The highest BCUT2D eigenvalue weighted by Crippen LogP contribution is 2.00. The number of hydrogen-bond donors (Lipinski definition) is 3. The lowest BCUT2D eigenvalue weighted by atomic mass is 10.4. The van der Waals surface area contributed by atoms with Gasteiger partial charge in [-0.15, -0.1) is 0 Å². The summed E-state index contributed by atoms with van der Waals surface area (Å²) in [6, 6.07) is 0. The summed E-state index contributed by atoms with van der Waals surface area (Å²) in [5, 5.41) is 14.2. The van der Waals surface area contributed by atoms with Gasteiger partial charge in [0.2, 0.25) is 0 Å². The summed E-state index contributed by atoms with van der Waals surface area (Å²) < 4.78 is 0. The van der Waals surface area contributed by atoms with Crippen molar-refractivity contribution in [3.8, 4) is 0 Å². The molecule has 0 aliphatic carbocycles. The molecular formula is C4H6BClNO4. The molecule has 0 aromatic carbocycles. The Hall–Kier alpha value is -0.555. The number of ketones is 1. The molecule has 1 heterocycles. The molecule has 7 heteroatoms. The number of hydrogen-bond acceptors (Lipinski definition) is 5. The monoisotopic (exact) mass is 178 g/mol. The van der Waals surface area contributed by atoms with Crippen LogP contribution < -0.4 is 5.48 Å². The van der Waals surface area contributed by atoms with E-state index in [-0.39, 0.29) is 25.2 Å². The van der Waals surface area contributed by atoms with Crippen LogP contribution in [0.2, 0.25) is 0 Å². The molecule has 1 rings (SSSR count). The van der Waals surface area contributed by atoms with Crippen LogP contribution in [0.1, 0.15) is 0 Å². The van der Waals surface area contributed by atoms with Gasteiger partial charge in [0.1, 0.15) is 11.8 Å². The van der Waals surface area contributed by atoms with Crippen LogP contribution >= 0.6 is 11.6 Å². The number of carbonyl (C=O) groups excluding carboxylic acids is 1. The molecule has 61 valence electrons. The lowest BCUT2D eigenvalue weighted by Crippen LogP contribution is -2.22. The number of carbonyl (C=O) groups is 1. The topological polar surface area (TPSA) is 78.8 Å². The van der Waals surface area contributed by atoms with E-state index in [4.69, 9.17) is 21.6 Å². The molecule has 0 aromatic heterocycles. The molecule has 3 N–H and O–H groups in total. The fourth-order valence-corrected chi connectivity index (χ4v) is 0.565. The van der Waals surface area contributed by atoms with E-state index in [1.54, 1.807) is 0 Å². The minimum atomic E-state index is -0.117. The SMILES string of the molecule is O=C1C=C(Cl)NOC1.O[B]O. The van der Waals surface area contributed by atoms with E-state index in [1.165, 1.54) is 6.08 Å². The fourth-order valence-electron chi connectivity index (χ4n) is 0.389. The fraction of sp³-hybridized carbons (Fsp3) is 0.250. The van der Waals surface area contributed by atoms with Crippen LogP contribution in [0.4, 0.5) is 0 Å². The highest BCUT2D eigenvalue weighted by Gasteiger charge is 2.05. The van der Waals surface area contributed by atoms with Crippen LogP contribution in [-0.4, -0.2) is 30.1 Å². The van der Waals surface area contributed by atoms with Crippen LogP contribution in [0.15, 0.2) is 11.2 Å². The summed E-state index contributed by atoms with van der Waals surface area (Å²) in [6.07, 6.45) is 1.28. The lowest BCUT2D eigenvalue weighted by molar-refractivity contribution is -0.122. The lowest BCUT2D eigenvalue weighted by Gasteiger charge is -2.07. The van der Waals surface area contributed by atoms with E-state index in [1.807, 2.05) is 0 Å². The Balaban J connectivity index is 0.000000292. The highest BCUT2D eigenvalue weighted by atomic mass is 35.5. The summed E-state index contributed by atoms with van der Waals surface area (Å²) in [6.45, 7) is 0.0657. The van der Waals surface area contributed by atoms with E-state index in [0.29, 0.717) is 0 Å². The van der Waals surface area contributed by atoms with Crippen LogP contribution in [-0.2, 0) is 9.63 Å². The van der Waals surface area contributed by atoms with Gasteiger partial charge in [-0.25, -0.2) is 0 Å². The van der Waals surface area contributed by atoms with E-state index >= 15 is 0 Å². The normalized spacial score (nSPS) is 15.5. The molecule has 1 radical (unpaired) electrons. The molecule has 0 saturated heterocycles. The minimum absolute atomic E-state index is 0. The Bertz CT molecular complexity index is 162. The first-order valence-corrected chi connectivity index (χ1v) is 2.96. The molecule has 0 atom stereocenters. The number of rotatable bonds is 0. The average molecular weight is 178 g/mol. The molecule has 0 aromatic rings. The van der Waals surface area contributed by atoms with Crippen molar-refractivity contribution in [3.05, 3.63) is 11.2 Å². The average Bonchev–Trinajstić information content (AvgIpc) is 1.88. The zero-order valence-corrected chi connectivity index (χ0v) is 6.21. The maximum atomic E-state index is 10.3. The van der Waals surface area contributed by atoms with Crippen molar-refractivity contribution in [2.75, 3.05) is 6.61 Å². The Labute approximate surface area is 68.9 Å². The molecule has 0 bridgehead atoms. The molecule has 11 heavy (non-hydrogen) atoms. The Morgan fingerprint density at radius 3 is 2.55 bits per heavy atom. The molecule has 5 nitrogen and oxygen atoms in total. The third-order valence-corrected chi connectivity index (χ3v) is 0.858. The molecule has 0 fully saturated rings. The highest BCUT2D eigenvalue weighted by molar-refractivity contribution is 6.30. The first-order valence-electron chi connectivity index (χ1n) is 2.58. The maximum absolute atomic E-state index is 10.3. The second-order valence-corrected chi connectivity index (χ2v) is 1.87. The van der Waals surface area contributed by atoms with E-state index in [0.717, 1.165) is 0 Å². The Morgan fingerprint density at radius 1 is 1.73 bits per heavy atom. The number of halogens is 1. The molecule has 0 spiro atoms. The molecule has 0 amide bonds. The van der Waals surface area contributed by atoms with Crippen molar-refractivity contribution in [2.24, 2.45) is 0 Å². The van der Waals surface area contributed by atoms with Crippen molar-refractivity contribution in [3.63, 3.8) is 0 Å². The molecular weight excluding hydrogens is 172 g/mol. The molecule has 0 unspecified atom stereocenters. The van der Waals surface area contributed by atoms with Crippen molar-refractivity contribution in [2.45, 2.75) is 0 Å². The van der Waals surface area contributed by atoms with Gasteiger partial charge in [-0.3, -0.25) is 15.1 Å². The van der Waals surface area contributed by atoms with Crippen molar-refractivity contribution < 1.29 is 19.7 Å². The predicted molar refractivity (Wildman–Crippen MR) is 38.2 cm³/mol. The van der Waals surface area contributed by atoms with Gasteiger partial charge < -0.3 is 10.0 Å². The second kappa shape index (κ2) is 6.17. The van der Waals surface area contributed by atoms with Gasteiger partial charge in [-0.2, -0.15) is 0 Å². The Kier molecular flexibility index (Phi) is 5.86. The van der Waals surface area contributed by atoms with Gasteiger partial charge >= 0.3 is 7.69 Å². The second-order valence-electron chi connectivity index (χ2n) is 1.46. The zero-order valence-electron chi connectivity index (χ0n) is 5.45. The smallest absolute Gasteiger partial charge is 0.429 e. The van der Waals surface area contributed by atoms with Gasteiger partial charge in [-0.05, 0) is 0 Å². The third kappa shape index (κ3) is 5.87. The largest absolute Gasteiger partial charge is 0.482 e. The van der Waals surface area contributed by atoms with Crippen molar-refractivity contribution in [1.29, 1.82) is 0 Å². The third-order valence-electron chi connectivity index (χ3n) is 0.672. The number of hydroxylamine groups is 1. The van der Waals surface area contributed by atoms with E-state index < -0.39 is 0 Å². The predicted octanol–water partition coefficient (Wildman–Crippen LogP) is -1.32. The summed E-state index contributed by atoms with van der Waals surface area (Å²) in [5.74, 6) is -0.117. The van der Waals surface area contributed by atoms with Crippen LogP contribution in [0.5, 0.6) is 0 Å². The number of nitrogens with one attached hydrogen (secondary N) is 1.